The van der Waals surface area contributed by atoms with E-state index in [9.17, 15) is 9.59 Å². The molecule has 112 valence electrons. The molecule has 1 saturated heterocycles. The summed E-state index contributed by atoms with van der Waals surface area (Å²) in [7, 11) is 0. The fraction of sp³-hybridized carbons (Fsp3) is 0.875. The Labute approximate surface area is 121 Å². The molecule has 4 nitrogen and oxygen atoms in total. The van der Waals surface area contributed by atoms with Gasteiger partial charge >= 0.3 is 0 Å². The van der Waals surface area contributed by atoms with Crippen molar-refractivity contribution >= 4 is 11.8 Å². The normalized spacial score (nSPS) is 25.5. The number of carbonyl (C=O) groups excluding carboxylic acids is 2. The topological polar surface area (TPSA) is 49.4 Å². The van der Waals surface area contributed by atoms with Crippen LogP contribution in [0.4, 0.5) is 0 Å². The highest BCUT2D eigenvalue weighted by atomic mass is 16.2. The van der Waals surface area contributed by atoms with Crippen molar-refractivity contribution in [2.75, 3.05) is 13.1 Å². The van der Waals surface area contributed by atoms with Crippen LogP contribution in [0.1, 0.15) is 57.8 Å². The lowest BCUT2D eigenvalue weighted by Crippen LogP contribution is -2.49. The number of nitrogens with one attached hydrogen (secondary N) is 1. The smallest absolute Gasteiger partial charge is 0.225 e. The third kappa shape index (κ3) is 2.99. The van der Waals surface area contributed by atoms with Crippen LogP contribution in [0.2, 0.25) is 0 Å². The molecule has 0 aromatic heterocycles. The van der Waals surface area contributed by atoms with Crippen molar-refractivity contribution in [1.29, 1.82) is 0 Å². The Morgan fingerprint density at radius 1 is 0.800 bits per heavy atom. The van der Waals surface area contributed by atoms with E-state index in [1.54, 1.807) is 0 Å². The number of nitrogens with zero attached hydrogens (tertiary/aromatic N) is 1. The minimum atomic E-state index is 0.247. The average molecular weight is 278 g/mol. The Morgan fingerprint density at radius 2 is 1.40 bits per heavy atom. The molecule has 1 N–H and O–H groups in total. The maximum atomic E-state index is 12.3. The third-order valence-electron chi connectivity index (χ3n) is 5.33. The van der Waals surface area contributed by atoms with E-state index >= 15 is 0 Å². The molecule has 2 saturated carbocycles. The van der Waals surface area contributed by atoms with Crippen molar-refractivity contribution in [3.8, 4) is 0 Å². The first kappa shape index (κ1) is 13.9. The summed E-state index contributed by atoms with van der Waals surface area (Å²) in [4.78, 5) is 26.3. The van der Waals surface area contributed by atoms with E-state index in [1.807, 2.05) is 4.90 Å². The molecular formula is C16H26N2O2. The molecule has 1 aliphatic heterocycles. The molecule has 0 unspecified atom stereocenters. The minimum absolute atomic E-state index is 0.247. The second-order valence-corrected chi connectivity index (χ2v) is 6.72. The first-order chi connectivity index (χ1) is 9.74. The molecule has 0 spiro atoms. The van der Waals surface area contributed by atoms with Gasteiger partial charge in [0.05, 0.1) is 0 Å². The predicted octanol–water partition coefficient (Wildman–Crippen LogP) is 2.08. The standard InChI is InChI=1S/C16H26N2O2/c19-15(12-6-3-7-12)17-14-8-10-18(11-9-14)16(20)13-4-1-2-5-13/h12-14H,1-11H2,(H,17,19). The molecule has 3 aliphatic rings. The zero-order chi connectivity index (χ0) is 13.9. The van der Waals surface area contributed by atoms with Gasteiger partial charge in [0, 0.05) is 31.0 Å². The lowest BCUT2D eigenvalue weighted by atomic mass is 9.84. The molecular weight excluding hydrogens is 252 g/mol. The Kier molecular flexibility index (Phi) is 4.27. The molecule has 1 heterocycles. The first-order valence-electron chi connectivity index (χ1n) is 8.33. The number of amides is 2. The fourth-order valence-corrected chi connectivity index (χ4v) is 3.66. The van der Waals surface area contributed by atoms with Crippen LogP contribution in [0, 0.1) is 11.8 Å². The van der Waals surface area contributed by atoms with Gasteiger partial charge in [0.15, 0.2) is 0 Å². The summed E-state index contributed by atoms with van der Waals surface area (Å²) in [5.74, 6) is 1.17. The van der Waals surface area contributed by atoms with Crippen molar-refractivity contribution < 1.29 is 9.59 Å². The first-order valence-corrected chi connectivity index (χ1v) is 8.33. The van der Waals surface area contributed by atoms with Gasteiger partial charge in [0.25, 0.3) is 0 Å². The average Bonchev–Trinajstić information content (AvgIpc) is 2.90. The quantitative estimate of drug-likeness (QED) is 0.859. The summed E-state index contributed by atoms with van der Waals surface area (Å²) >= 11 is 0. The summed E-state index contributed by atoms with van der Waals surface area (Å²) in [6, 6.07) is 0.288. The van der Waals surface area contributed by atoms with Crippen LogP contribution < -0.4 is 5.32 Å². The Balaban J connectivity index is 1.42. The van der Waals surface area contributed by atoms with Crippen molar-refractivity contribution in [2.24, 2.45) is 11.8 Å². The molecule has 0 aromatic rings. The molecule has 0 atom stereocenters. The molecule has 3 rings (SSSR count). The summed E-state index contributed by atoms with van der Waals surface area (Å²) in [5, 5.41) is 3.17. The van der Waals surface area contributed by atoms with E-state index < -0.39 is 0 Å². The van der Waals surface area contributed by atoms with Gasteiger partial charge in [-0.2, -0.15) is 0 Å². The van der Waals surface area contributed by atoms with Crippen LogP contribution in [0.15, 0.2) is 0 Å². The number of rotatable bonds is 3. The van der Waals surface area contributed by atoms with Gasteiger partial charge in [0.1, 0.15) is 0 Å². The van der Waals surface area contributed by atoms with Crippen LogP contribution in [0.5, 0.6) is 0 Å². The number of hydrogen-bond acceptors (Lipinski definition) is 2. The molecule has 0 aromatic carbocycles. The van der Waals surface area contributed by atoms with E-state index in [0.717, 1.165) is 51.6 Å². The highest BCUT2D eigenvalue weighted by molar-refractivity contribution is 5.80. The van der Waals surface area contributed by atoms with Gasteiger partial charge in [-0.3, -0.25) is 9.59 Å². The van der Waals surface area contributed by atoms with Gasteiger partial charge in [0.2, 0.25) is 11.8 Å². The van der Waals surface area contributed by atoms with E-state index in [-0.39, 0.29) is 23.8 Å². The minimum Gasteiger partial charge on any atom is -0.353 e. The Morgan fingerprint density at radius 3 is 1.95 bits per heavy atom. The monoisotopic (exact) mass is 278 g/mol. The number of likely N-dealkylation sites (tertiary alicyclic amines) is 1. The number of hydrogen-bond donors (Lipinski definition) is 1. The molecule has 4 heteroatoms. The molecule has 0 bridgehead atoms. The maximum absolute atomic E-state index is 12.3. The van der Waals surface area contributed by atoms with Crippen molar-refractivity contribution in [3.05, 3.63) is 0 Å². The van der Waals surface area contributed by atoms with Crippen LogP contribution in [0.3, 0.4) is 0 Å². The lowest BCUT2D eigenvalue weighted by molar-refractivity contribution is -0.136. The van der Waals surface area contributed by atoms with Gasteiger partial charge in [-0.05, 0) is 38.5 Å². The van der Waals surface area contributed by atoms with Crippen molar-refractivity contribution in [1.82, 2.24) is 10.2 Å². The zero-order valence-electron chi connectivity index (χ0n) is 12.3. The molecule has 20 heavy (non-hydrogen) atoms. The summed E-state index contributed by atoms with van der Waals surface area (Å²) in [5.41, 5.74) is 0. The van der Waals surface area contributed by atoms with Crippen molar-refractivity contribution in [3.63, 3.8) is 0 Å². The maximum Gasteiger partial charge on any atom is 0.225 e. The highest BCUT2D eigenvalue weighted by Crippen LogP contribution is 2.28. The Bertz CT molecular complexity index is 365. The summed E-state index contributed by atoms with van der Waals surface area (Å²) in [6.45, 7) is 1.65. The third-order valence-corrected chi connectivity index (χ3v) is 5.33. The SMILES string of the molecule is O=C(NC1CCN(C(=O)C2CCCC2)CC1)C1CCC1. The van der Waals surface area contributed by atoms with Gasteiger partial charge in [-0.1, -0.05) is 19.3 Å². The fourth-order valence-electron chi connectivity index (χ4n) is 3.66. The largest absolute Gasteiger partial charge is 0.353 e. The van der Waals surface area contributed by atoms with Crippen LogP contribution in [-0.4, -0.2) is 35.8 Å². The molecule has 2 amide bonds. The predicted molar refractivity (Wildman–Crippen MR) is 77.0 cm³/mol. The lowest BCUT2D eigenvalue weighted by Gasteiger charge is -2.35. The van der Waals surface area contributed by atoms with E-state index in [1.165, 1.54) is 19.3 Å². The van der Waals surface area contributed by atoms with Crippen LogP contribution >= 0.6 is 0 Å². The number of carbonyl (C=O) groups is 2. The Hall–Kier alpha value is -1.06. The van der Waals surface area contributed by atoms with E-state index in [0.29, 0.717) is 5.91 Å². The van der Waals surface area contributed by atoms with E-state index in [4.69, 9.17) is 0 Å². The second kappa shape index (κ2) is 6.15. The molecule has 0 radical (unpaired) electrons. The van der Waals surface area contributed by atoms with Gasteiger partial charge in [-0.25, -0.2) is 0 Å². The van der Waals surface area contributed by atoms with Gasteiger partial charge < -0.3 is 10.2 Å². The molecule has 2 aliphatic carbocycles. The van der Waals surface area contributed by atoms with Crippen LogP contribution in [0.25, 0.3) is 0 Å². The van der Waals surface area contributed by atoms with Gasteiger partial charge in [-0.15, -0.1) is 0 Å². The summed E-state index contributed by atoms with van der Waals surface area (Å²) < 4.78 is 0. The van der Waals surface area contributed by atoms with Crippen molar-refractivity contribution in [2.45, 2.75) is 63.8 Å². The summed E-state index contributed by atoms with van der Waals surface area (Å²) in [6.07, 6.45) is 9.76. The highest BCUT2D eigenvalue weighted by Gasteiger charge is 2.32. The second-order valence-electron chi connectivity index (χ2n) is 6.72. The molecule has 3 fully saturated rings. The van der Waals surface area contributed by atoms with E-state index in [2.05, 4.69) is 5.32 Å². The zero-order valence-corrected chi connectivity index (χ0v) is 12.3. The number of piperidine rings is 1. The van der Waals surface area contributed by atoms with Crippen LogP contribution in [-0.2, 0) is 9.59 Å².